The predicted octanol–water partition coefficient (Wildman–Crippen LogP) is 1.47. The fourth-order valence-corrected chi connectivity index (χ4v) is 1.42. The molecule has 1 aromatic rings. The molecule has 1 rings (SSSR count). The minimum Gasteiger partial charge on any atom is -0.370 e. The van der Waals surface area contributed by atoms with Gasteiger partial charge in [-0.2, -0.15) is 0 Å². The molecule has 0 aliphatic rings. The maximum absolute atomic E-state index is 11.9. The molecule has 0 aliphatic carbocycles. The van der Waals surface area contributed by atoms with Gasteiger partial charge in [0.1, 0.15) is 0 Å². The molecule has 6 heteroatoms. The number of aryl methyl sites for hydroxylation is 1. The molecule has 3 N–H and O–H groups in total. The molecule has 0 amide bonds. The van der Waals surface area contributed by atoms with E-state index in [-0.39, 0.29) is 36.1 Å². The summed E-state index contributed by atoms with van der Waals surface area (Å²) in [7, 11) is 0. The number of halogens is 1. The van der Waals surface area contributed by atoms with E-state index in [1.54, 1.807) is 16.8 Å². The molecule has 0 saturated carbocycles. The summed E-state index contributed by atoms with van der Waals surface area (Å²) >= 11 is 0. The summed E-state index contributed by atoms with van der Waals surface area (Å²) in [5, 5.41) is 2.92. The zero-order valence-corrected chi connectivity index (χ0v) is 13.7. The number of rotatable bonds is 5. The van der Waals surface area contributed by atoms with Crippen LogP contribution in [0.1, 0.15) is 19.4 Å². The number of nitrogens with one attached hydrogen (secondary N) is 1. The number of hydrogen-bond acceptors (Lipinski definition) is 2. The molecule has 19 heavy (non-hydrogen) atoms. The zero-order chi connectivity index (χ0) is 13.5. The Morgan fingerprint density at radius 2 is 2.26 bits per heavy atom. The van der Waals surface area contributed by atoms with Crippen LogP contribution in [0.4, 0.5) is 0 Å². The molecule has 0 fully saturated rings. The van der Waals surface area contributed by atoms with E-state index < -0.39 is 0 Å². The van der Waals surface area contributed by atoms with Crippen molar-refractivity contribution in [1.29, 1.82) is 0 Å². The Kier molecular flexibility index (Phi) is 8.13. The predicted molar refractivity (Wildman–Crippen MR) is 89.9 cm³/mol. The van der Waals surface area contributed by atoms with Gasteiger partial charge in [0.15, 0.2) is 5.96 Å². The van der Waals surface area contributed by atoms with E-state index in [9.17, 15) is 4.79 Å². The Morgan fingerprint density at radius 1 is 1.58 bits per heavy atom. The van der Waals surface area contributed by atoms with Gasteiger partial charge in [0.05, 0.1) is 6.54 Å². The Morgan fingerprint density at radius 3 is 2.84 bits per heavy atom. The second-order valence-electron chi connectivity index (χ2n) is 4.14. The van der Waals surface area contributed by atoms with E-state index in [4.69, 9.17) is 5.73 Å². The quantitative estimate of drug-likeness (QED) is 0.354. The van der Waals surface area contributed by atoms with Crippen molar-refractivity contribution >= 4 is 29.9 Å². The van der Waals surface area contributed by atoms with E-state index in [2.05, 4.69) is 16.9 Å². The molecule has 1 aromatic heterocycles. The highest BCUT2D eigenvalue weighted by molar-refractivity contribution is 14.0. The number of aliphatic imine (C=N–C) groups is 1. The Hall–Kier alpha value is -1.31. The SMILES string of the molecule is C=C(C)CNC(N)=NCc1cccn(CC)c1=O.I. The third-order valence-corrected chi connectivity index (χ3v) is 2.43. The van der Waals surface area contributed by atoms with Crippen molar-refractivity contribution in [2.45, 2.75) is 26.9 Å². The summed E-state index contributed by atoms with van der Waals surface area (Å²) in [4.78, 5) is 16.0. The van der Waals surface area contributed by atoms with Crippen LogP contribution >= 0.6 is 24.0 Å². The molecule has 5 nitrogen and oxygen atoms in total. The third kappa shape index (κ3) is 5.91. The summed E-state index contributed by atoms with van der Waals surface area (Å²) < 4.78 is 1.64. The van der Waals surface area contributed by atoms with Crippen molar-refractivity contribution in [1.82, 2.24) is 9.88 Å². The van der Waals surface area contributed by atoms with Crippen LogP contribution in [0.3, 0.4) is 0 Å². The second kappa shape index (κ2) is 8.73. The van der Waals surface area contributed by atoms with Gasteiger partial charge < -0.3 is 15.6 Å². The number of nitrogens with two attached hydrogens (primary N) is 1. The lowest BCUT2D eigenvalue weighted by molar-refractivity contribution is 0.714. The van der Waals surface area contributed by atoms with Gasteiger partial charge in [-0.3, -0.25) is 4.79 Å². The van der Waals surface area contributed by atoms with Crippen LogP contribution < -0.4 is 16.6 Å². The highest BCUT2D eigenvalue weighted by Gasteiger charge is 2.01. The molecular weight excluding hydrogens is 355 g/mol. The lowest BCUT2D eigenvalue weighted by Gasteiger charge is -2.06. The van der Waals surface area contributed by atoms with Crippen LogP contribution in [0, 0.1) is 0 Å². The largest absolute Gasteiger partial charge is 0.370 e. The van der Waals surface area contributed by atoms with Gasteiger partial charge in [0.25, 0.3) is 5.56 Å². The fraction of sp³-hybridized carbons (Fsp3) is 0.385. The van der Waals surface area contributed by atoms with Gasteiger partial charge in [0.2, 0.25) is 0 Å². The summed E-state index contributed by atoms with van der Waals surface area (Å²) in [6.07, 6.45) is 1.76. The number of nitrogens with zero attached hydrogens (tertiary/aromatic N) is 2. The first-order valence-corrected chi connectivity index (χ1v) is 5.91. The smallest absolute Gasteiger partial charge is 0.255 e. The molecule has 0 bridgehead atoms. The van der Waals surface area contributed by atoms with Crippen LogP contribution in [-0.2, 0) is 13.1 Å². The van der Waals surface area contributed by atoms with Crippen LogP contribution in [0.15, 0.2) is 40.3 Å². The summed E-state index contributed by atoms with van der Waals surface area (Å²) in [6.45, 7) is 9.11. The molecule has 0 atom stereocenters. The Balaban J connectivity index is 0.00000324. The number of pyridine rings is 1. The fourth-order valence-electron chi connectivity index (χ4n) is 1.42. The Bertz CT molecular complexity index is 508. The second-order valence-corrected chi connectivity index (χ2v) is 4.14. The maximum Gasteiger partial charge on any atom is 0.255 e. The molecule has 0 spiro atoms. The van der Waals surface area contributed by atoms with Crippen LogP contribution in [0.2, 0.25) is 0 Å². The molecular formula is C13H21IN4O. The van der Waals surface area contributed by atoms with Gasteiger partial charge in [-0.15, -0.1) is 24.0 Å². The Labute approximate surface area is 130 Å². The summed E-state index contributed by atoms with van der Waals surface area (Å²) in [5.74, 6) is 0.323. The van der Waals surface area contributed by atoms with Crippen molar-refractivity contribution < 1.29 is 0 Å². The normalized spacial score (nSPS) is 10.7. The average Bonchev–Trinajstić information content (AvgIpc) is 2.35. The van der Waals surface area contributed by atoms with Crippen molar-refractivity contribution in [3.8, 4) is 0 Å². The first-order valence-electron chi connectivity index (χ1n) is 5.91. The molecule has 0 saturated heterocycles. The van der Waals surface area contributed by atoms with Gasteiger partial charge in [0, 0.05) is 24.8 Å². The van der Waals surface area contributed by atoms with E-state index in [0.29, 0.717) is 24.6 Å². The highest BCUT2D eigenvalue weighted by Crippen LogP contribution is 1.94. The van der Waals surface area contributed by atoms with E-state index in [0.717, 1.165) is 5.57 Å². The lowest BCUT2D eigenvalue weighted by Crippen LogP contribution is -2.33. The van der Waals surface area contributed by atoms with Gasteiger partial charge in [-0.05, 0) is 19.9 Å². The lowest BCUT2D eigenvalue weighted by atomic mass is 10.3. The number of hydrogen-bond donors (Lipinski definition) is 2. The average molecular weight is 376 g/mol. The first kappa shape index (κ1) is 17.7. The summed E-state index contributed by atoms with van der Waals surface area (Å²) in [5.41, 5.74) is 7.27. The maximum atomic E-state index is 11.9. The molecule has 0 radical (unpaired) electrons. The van der Waals surface area contributed by atoms with E-state index >= 15 is 0 Å². The standard InChI is InChI=1S/C13H20N4O.HI/c1-4-17-7-5-6-11(12(17)18)9-16-13(14)15-8-10(2)3;/h5-7H,2,4,8-9H2,1,3H3,(H3,14,15,16);1H. The van der Waals surface area contributed by atoms with Crippen LogP contribution in [-0.4, -0.2) is 17.1 Å². The number of guanidine groups is 1. The molecule has 106 valence electrons. The van der Waals surface area contributed by atoms with Crippen LogP contribution in [0.5, 0.6) is 0 Å². The minimum absolute atomic E-state index is 0. The van der Waals surface area contributed by atoms with Crippen molar-refractivity contribution in [3.63, 3.8) is 0 Å². The molecule has 0 aromatic carbocycles. The van der Waals surface area contributed by atoms with Crippen molar-refractivity contribution in [2.24, 2.45) is 10.7 Å². The molecule has 0 aliphatic heterocycles. The minimum atomic E-state index is -0.0172. The van der Waals surface area contributed by atoms with Crippen LogP contribution in [0.25, 0.3) is 0 Å². The van der Waals surface area contributed by atoms with E-state index in [1.165, 1.54) is 0 Å². The zero-order valence-electron chi connectivity index (χ0n) is 11.3. The summed E-state index contributed by atoms with van der Waals surface area (Å²) in [6, 6.07) is 3.61. The third-order valence-electron chi connectivity index (χ3n) is 2.43. The first-order chi connectivity index (χ1) is 8.54. The topological polar surface area (TPSA) is 72.4 Å². The van der Waals surface area contributed by atoms with Gasteiger partial charge in [-0.1, -0.05) is 18.2 Å². The molecule has 1 heterocycles. The van der Waals surface area contributed by atoms with Crippen molar-refractivity contribution in [2.75, 3.05) is 6.54 Å². The highest BCUT2D eigenvalue weighted by atomic mass is 127. The van der Waals surface area contributed by atoms with Gasteiger partial charge in [-0.25, -0.2) is 4.99 Å². The van der Waals surface area contributed by atoms with E-state index in [1.807, 2.05) is 19.9 Å². The van der Waals surface area contributed by atoms with Crippen molar-refractivity contribution in [3.05, 3.63) is 46.4 Å². The number of aromatic nitrogens is 1. The van der Waals surface area contributed by atoms with Gasteiger partial charge >= 0.3 is 0 Å². The molecule has 0 unspecified atom stereocenters. The monoisotopic (exact) mass is 376 g/mol.